The van der Waals surface area contributed by atoms with E-state index >= 15 is 0 Å². The summed E-state index contributed by atoms with van der Waals surface area (Å²) in [5.41, 5.74) is 6.45. The van der Waals surface area contributed by atoms with E-state index in [2.05, 4.69) is 20.6 Å². The number of ether oxygens (including phenoxy) is 1. The van der Waals surface area contributed by atoms with Crippen molar-refractivity contribution in [2.45, 2.75) is 18.9 Å². The second-order valence-electron chi connectivity index (χ2n) is 4.21. The second-order valence-corrected chi connectivity index (χ2v) is 4.21. The first-order chi connectivity index (χ1) is 9.60. The fraction of sp³-hybridized carbons (Fsp3) is 0.333. The molecule has 0 fully saturated rings. The zero-order valence-electron chi connectivity index (χ0n) is 10.8. The number of hydrogen-bond acceptors (Lipinski definition) is 7. The minimum atomic E-state index is -0.459. The Morgan fingerprint density at radius 3 is 2.70 bits per heavy atom. The normalized spacial score (nSPS) is 17.2. The van der Waals surface area contributed by atoms with Crippen molar-refractivity contribution in [1.82, 2.24) is 5.43 Å². The van der Waals surface area contributed by atoms with Crippen molar-refractivity contribution < 1.29 is 14.5 Å². The highest BCUT2D eigenvalue weighted by atomic mass is 16.6. The number of nitrogens with one attached hydrogen (secondary N) is 2. The Hall–Kier alpha value is -2.64. The van der Waals surface area contributed by atoms with Crippen LogP contribution in [-0.4, -0.2) is 29.9 Å². The molecular formula is C12H14N4O4. The van der Waals surface area contributed by atoms with E-state index in [9.17, 15) is 14.9 Å². The van der Waals surface area contributed by atoms with Gasteiger partial charge in [-0.05, 0) is 18.6 Å². The monoisotopic (exact) mass is 278 g/mol. The van der Waals surface area contributed by atoms with Crippen LogP contribution in [0.15, 0.2) is 29.3 Å². The number of nitro benzene ring substituents is 1. The number of methoxy groups -OCH3 is 1. The fourth-order valence-corrected chi connectivity index (χ4v) is 1.80. The average Bonchev–Trinajstić information content (AvgIpc) is 2.93. The minimum absolute atomic E-state index is 0.0273. The number of carbonyl (C=O) groups excluding carboxylic acids is 1. The van der Waals surface area contributed by atoms with Crippen LogP contribution in [0.1, 0.15) is 12.8 Å². The molecule has 0 bridgehead atoms. The Labute approximate surface area is 115 Å². The first kappa shape index (κ1) is 13.8. The highest BCUT2D eigenvalue weighted by Gasteiger charge is 2.24. The summed E-state index contributed by atoms with van der Waals surface area (Å²) in [5, 5.41) is 10.5. The van der Waals surface area contributed by atoms with E-state index in [1.165, 1.54) is 19.2 Å². The van der Waals surface area contributed by atoms with Gasteiger partial charge in [0.05, 0.1) is 17.7 Å². The summed E-state index contributed by atoms with van der Waals surface area (Å²) in [7, 11) is 1.33. The Morgan fingerprint density at radius 2 is 2.10 bits per heavy atom. The summed E-state index contributed by atoms with van der Waals surface area (Å²) in [5.74, 6) is 0.302. The van der Waals surface area contributed by atoms with Gasteiger partial charge in [-0.25, -0.2) is 4.79 Å². The molecule has 1 aliphatic rings. The van der Waals surface area contributed by atoms with Gasteiger partial charge in [0.1, 0.15) is 11.9 Å². The number of aliphatic imine (C=N–C) groups is 1. The van der Waals surface area contributed by atoms with E-state index in [-0.39, 0.29) is 11.7 Å². The van der Waals surface area contributed by atoms with E-state index in [1.54, 1.807) is 12.1 Å². The maximum absolute atomic E-state index is 11.3. The average molecular weight is 278 g/mol. The maximum atomic E-state index is 11.3. The van der Waals surface area contributed by atoms with Crippen LogP contribution in [0.2, 0.25) is 0 Å². The smallest absolute Gasteiger partial charge is 0.330 e. The lowest BCUT2D eigenvalue weighted by atomic mass is 10.2. The Balaban J connectivity index is 1.89. The lowest BCUT2D eigenvalue weighted by molar-refractivity contribution is -0.384. The molecule has 0 radical (unpaired) electrons. The van der Waals surface area contributed by atoms with Crippen LogP contribution in [0.25, 0.3) is 0 Å². The summed E-state index contributed by atoms with van der Waals surface area (Å²) >= 11 is 0. The predicted molar refractivity (Wildman–Crippen MR) is 72.3 cm³/mol. The number of nitro groups is 1. The zero-order valence-corrected chi connectivity index (χ0v) is 10.8. The highest BCUT2D eigenvalue weighted by Crippen LogP contribution is 2.16. The lowest BCUT2D eigenvalue weighted by Gasteiger charge is -2.08. The van der Waals surface area contributed by atoms with Crippen molar-refractivity contribution >= 4 is 23.2 Å². The van der Waals surface area contributed by atoms with Gasteiger partial charge < -0.3 is 4.74 Å². The number of nitrogens with zero attached hydrogens (tertiary/aromatic N) is 2. The summed E-state index contributed by atoms with van der Waals surface area (Å²) in [6.07, 6.45) is 1.25. The molecule has 1 heterocycles. The molecule has 8 nitrogen and oxygen atoms in total. The number of anilines is 1. The van der Waals surface area contributed by atoms with Gasteiger partial charge in [0.15, 0.2) is 0 Å². The molecule has 0 amide bonds. The van der Waals surface area contributed by atoms with Gasteiger partial charge in [0.2, 0.25) is 0 Å². The van der Waals surface area contributed by atoms with Gasteiger partial charge >= 0.3 is 5.97 Å². The van der Waals surface area contributed by atoms with Crippen LogP contribution in [0.5, 0.6) is 0 Å². The number of amidine groups is 1. The molecule has 2 rings (SSSR count). The summed E-state index contributed by atoms with van der Waals surface area (Å²) in [4.78, 5) is 25.5. The topological polar surface area (TPSA) is 106 Å². The molecule has 0 aromatic heterocycles. The number of esters is 1. The predicted octanol–water partition coefficient (Wildman–Crippen LogP) is 1.25. The molecule has 0 spiro atoms. The molecule has 1 aromatic carbocycles. The Bertz CT molecular complexity index is 541. The molecule has 106 valence electrons. The third-order valence-corrected chi connectivity index (χ3v) is 2.87. The molecule has 8 heteroatoms. The molecule has 1 atom stereocenters. The first-order valence-corrected chi connectivity index (χ1v) is 6.01. The van der Waals surface area contributed by atoms with Crippen LogP contribution >= 0.6 is 0 Å². The Kier molecular flexibility index (Phi) is 4.14. The first-order valence-electron chi connectivity index (χ1n) is 6.01. The Morgan fingerprint density at radius 1 is 1.40 bits per heavy atom. The number of carbonyl (C=O) groups is 1. The summed E-state index contributed by atoms with van der Waals surface area (Å²) < 4.78 is 4.62. The third kappa shape index (κ3) is 3.22. The van der Waals surface area contributed by atoms with Gasteiger partial charge in [-0.15, -0.1) is 0 Å². The van der Waals surface area contributed by atoms with Crippen LogP contribution in [-0.2, 0) is 9.53 Å². The van der Waals surface area contributed by atoms with Gasteiger partial charge in [0.25, 0.3) is 5.69 Å². The van der Waals surface area contributed by atoms with Crippen molar-refractivity contribution in [3.8, 4) is 0 Å². The number of non-ortho nitro benzene ring substituents is 1. The van der Waals surface area contributed by atoms with Crippen molar-refractivity contribution in [2.24, 2.45) is 4.99 Å². The SMILES string of the molecule is COC(=O)C1CCC(NNc2ccc([N+](=O)[O-])cc2)=N1. The molecule has 20 heavy (non-hydrogen) atoms. The van der Waals surface area contributed by atoms with Gasteiger partial charge in [0, 0.05) is 18.6 Å². The van der Waals surface area contributed by atoms with Crippen molar-refractivity contribution in [3.05, 3.63) is 34.4 Å². The molecule has 0 aliphatic carbocycles. The van der Waals surface area contributed by atoms with Crippen LogP contribution in [0.3, 0.4) is 0 Å². The molecule has 1 aliphatic heterocycles. The van der Waals surface area contributed by atoms with Crippen LogP contribution in [0.4, 0.5) is 11.4 Å². The molecule has 1 unspecified atom stereocenters. The van der Waals surface area contributed by atoms with E-state index in [4.69, 9.17) is 0 Å². The van der Waals surface area contributed by atoms with Crippen molar-refractivity contribution in [1.29, 1.82) is 0 Å². The maximum Gasteiger partial charge on any atom is 0.330 e. The zero-order chi connectivity index (χ0) is 14.5. The van der Waals surface area contributed by atoms with Crippen molar-refractivity contribution in [2.75, 3.05) is 12.5 Å². The molecule has 1 aromatic rings. The van der Waals surface area contributed by atoms with E-state index in [1.807, 2.05) is 0 Å². The third-order valence-electron chi connectivity index (χ3n) is 2.87. The van der Waals surface area contributed by atoms with E-state index in [0.717, 1.165) is 0 Å². The fourth-order valence-electron chi connectivity index (χ4n) is 1.80. The number of hydrogen-bond donors (Lipinski definition) is 2. The van der Waals surface area contributed by atoms with Crippen LogP contribution < -0.4 is 10.9 Å². The minimum Gasteiger partial charge on any atom is -0.467 e. The number of hydrazine groups is 1. The van der Waals surface area contributed by atoms with Gasteiger partial charge in [-0.3, -0.25) is 26.0 Å². The summed E-state index contributed by atoms with van der Waals surface area (Å²) in [6, 6.07) is 5.51. The highest BCUT2D eigenvalue weighted by molar-refractivity contribution is 5.90. The van der Waals surface area contributed by atoms with Gasteiger partial charge in [-0.2, -0.15) is 0 Å². The lowest BCUT2D eigenvalue weighted by Crippen LogP contribution is -2.28. The van der Waals surface area contributed by atoms with Gasteiger partial charge in [-0.1, -0.05) is 0 Å². The quantitative estimate of drug-likeness (QED) is 0.487. The van der Waals surface area contributed by atoms with Crippen molar-refractivity contribution in [3.63, 3.8) is 0 Å². The molecule has 0 saturated carbocycles. The van der Waals surface area contributed by atoms with E-state index < -0.39 is 11.0 Å². The standard InChI is InChI=1S/C12H14N4O4/c1-20-12(17)10-6-7-11(13-10)15-14-8-2-4-9(5-3-8)16(18)19/h2-5,10,14H,6-7H2,1H3,(H,13,15). The number of rotatable bonds is 4. The molecule has 0 saturated heterocycles. The van der Waals surface area contributed by atoms with Crippen LogP contribution in [0, 0.1) is 10.1 Å². The largest absolute Gasteiger partial charge is 0.467 e. The molecule has 2 N–H and O–H groups in total. The molecular weight excluding hydrogens is 264 g/mol. The second kappa shape index (κ2) is 6.00. The summed E-state index contributed by atoms with van der Waals surface area (Å²) in [6.45, 7) is 0. The van der Waals surface area contributed by atoms with E-state index in [0.29, 0.717) is 24.4 Å². The number of benzene rings is 1.